The average molecular weight is 299 g/mol. The standard InChI is InChI=1S/C14H13N5O3/c15-9-11-1-3-12(4-2-11)18-10-13(19(20)21)14(16-18)17-5-7-22-8-6-17/h1-4,10H,5-8H2. The molecule has 112 valence electrons. The smallest absolute Gasteiger partial charge is 0.331 e. The number of nitro groups is 1. The lowest BCUT2D eigenvalue weighted by Crippen LogP contribution is -2.36. The third-order valence-electron chi connectivity index (χ3n) is 3.44. The molecule has 0 bridgehead atoms. The van der Waals surface area contributed by atoms with Crippen molar-refractivity contribution in [1.82, 2.24) is 9.78 Å². The zero-order chi connectivity index (χ0) is 15.5. The number of nitrogens with zero attached hydrogens (tertiary/aromatic N) is 5. The first kappa shape index (κ1) is 14.0. The Morgan fingerprint density at radius 3 is 2.55 bits per heavy atom. The number of nitriles is 1. The Labute approximate surface area is 126 Å². The molecule has 0 amide bonds. The first-order valence-corrected chi connectivity index (χ1v) is 6.76. The molecule has 8 heteroatoms. The topological polar surface area (TPSA) is 97.2 Å². The summed E-state index contributed by atoms with van der Waals surface area (Å²) in [6.45, 7) is 2.21. The molecule has 0 saturated carbocycles. The van der Waals surface area contributed by atoms with E-state index in [1.165, 1.54) is 10.9 Å². The highest BCUT2D eigenvalue weighted by Gasteiger charge is 2.26. The van der Waals surface area contributed by atoms with Crippen LogP contribution in [0.1, 0.15) is 5.56 Å². The molecule has 1 aromatic carbocycles. The van der Waals surface area contributed by atoms with Crippen molar-refractivity contribution in [3.05, 3.63) is 46.1 Å². The molecule has 0 radical (unpaired) electrons. The van der Waals surface area contributed by atoms with Crippen molar-refractivity contribution in [2.45, 2.75) is 0 Å². The molecule has 2 heterocycles. The summed E-state index contributed by atoms with van der Waals surface area (Å²) in [7, 11) is 0. The molecular formula is C14H13N5O3. The van der Waals surface area contributed by atoms with Crippen LogP contribution in [0, 0.1) is 21.4 Å². The highest BCUT2D eigenvalue weighted by molar-refractivity contribution is 5.58. The summed E-state index contributed by atoms with van der Waals surface area (Å²) in [5, 5.41) is 24.4. The number of aromatic nitrogens is 2. The van der Waals surface area contributed by atoms with E-state index in [0.717, 1.165) is 0 Å². The second-order valence-corrected chi connectivity index (χ2v) is 4.80. The van der Waals surface area contributed by atoms with Crippen molar-refractivity contribution in [2.24, 2.45) is 0 Å². The van der Waals surface area contributed by atoms with Crippen LogP contribution in [0.25, 0.3) is 5.69 Å². The Morgan fingerprint density at radius 1 is 1.27 bits per heavy atom. The van der Waals surface area contributed by atoms with E-state index in [9.17, 15) is 10.1 Å². The van der Waals surface area contributed by atoms with Crippen molar-refractivity contribution < 1.29 is 9.66 Å². The lowest BCUT2D eigenvalue weighted by atomic mass is 10.2. The highest BCUT2D eigenvalue weighted by Crippen LogP contribution is 2.28. The third kappa shape index (κ3) is 2.62. The maximum Gasteiger partial charge on any atom is 0.331 e. The molecule has 1 fully saturated rings. The van der Waals surface area contributed by atoms with E-state index in [1.54, 1.807) is 24.3 Å². The summed E-state index contributed by atoms with van der Waals surface area (Å²) in [5.74, 6) is 0.345. The second-order valence-electron chi connectivity index (χ2n) is 4.80. The summed E-state index contributed by atoms with van der Waals surface area (Å²) in [4.78, 5) is 12.7. The fourth-order valence-corrected chi connectivity index (χ4v) is 2.31. The van der Waals surface area contributed by atoms with Crippen LogP contribution in [0.3, 0.4) is 0 Å². The van der Waals surface area contributed by atoms with Crippen molar-refractivity contribution in [3.63, 3.8) is 0 Å². The fraction of sp³-hybridized carbons (Fsp3) is 0.286. The van der Waals surface area contributed by atoms with Gasteiger partial charge < -0.3 is 9.64 Å². The number of rotatable bonds is 3. The van der Waals surface area contributed by atoms with Gasteiger partial charge >= 0.3 is 5.69 Å². The maximum absolute atomic E-state index is 11.3. The minimum Gasteiger partial charge on any atom is -0.378 e. The van der Waals surface area contributed by atoms with Crippen LogP contribution < -0.4 is 4.90 Å². The Hall–Kier alpha value is -2.92. The van der Waals surface area contributed by atoms with Crippen molar-refractivity contribution in [3.8, 4) is 11.8 Å². The van der Waals surface area contributed by atoms with Crippen LogP contribution in [0.15, 0.2) is 30.5 Å². The van der Waals surface area contributed by atoms with Crippen LogP contribution in [0.5, 0.6) is 0 Å². The van der Waals surface area contributed by atoms with Gasteiger partial charge in [-0.25, -0.2) is 4.68 Å². The molecule has 22 heavy (non-hydrogen) atoms. The largest absolute Gasteiger partial charge is 0.378 e. The van der Waals surface area contributed by atoms with Gasteiger partial charge in [0.25, 0.3) is 0 Å². The molecule has 0 atom stereocenters. The van der Waals surface area contributed by atoms with Gasteiger partial charge in [-0.15, -0.1) is 5.10 Å². The third-order valence-corrected chi connectivity index (χ3v) is 3.44. The van der Waals surface area contributed by atoms with Crippen LogP contribution >= 0.6 is 0 Å². The highest BCUT2D eigenvalue weighted by atomic mass is 16.6. The molecule has 0 N–H and O–H groups in total. The lowest BCUT2D eigenvalue weighted by molar-refractivity contribution is -0.384. The normalized spacial score (nSPS) is 14.6. The van der Waals surface area contributed by atoms with Crippen LogP contribution in [-0.4, -0.2) is 41.0 Å². The monoisotopic (exact) mass is 299 g/mol. The number of ether oxygens (including phenoxy) is 1. The number of anilines is 1. The molecule has 3 rings (SSSR count). The second kappa shape index (κ2) is 5.83. The molecule has 2 aromatic rings. The van der Waals surface area contributed by atoms with Gasteiger partial charge in [-0.2, -0.15) is 5.26 Å². The van der Waals surface area contributed by atoms with Gasteiger partial charge in [0.2, 0.25) is 5.82 Å². The van der Waals surface area contributed by atoms with Crippen molar-refractivity contribution in [1.29, 1.82) is 5.26 Å². The van der Waals surface area contributed by atoms with Gasteiger partial charge in [-0.1, -0.05) is 0 Å². The zero-order valence-electron chi connectivity index (χ0n) is 11.7. The molecule has 8 nitrogen and oxygen atoms in total. The summed E-state index contributed by atoms with van der Waals surface area (Å²) < 4.78 is 6.72. The quantitative estimate of drug-likeness (QED) is 0.629. The Kier molecular flexibility index (Phi) is 3.72. The fourth-order valence-electron chi connectivity index (χ4n) is 2.31. The maximum atomic E-state index is 11.3. The van der Waals surface area contributed by atoms with E-state index in [-0.39, 0.29) is 5.69 Å². The van der Waals surface area contributed by atoms with Crippen LogP contribution in [0.2, 0.25) is 0 Å². The molecule has 0 aliphatic carbocycles. The van der Waals surface area contributed by atoms with Gasteiger partial charge in [0.15, 0.2) is 0 Å². The average Bonchev–Trinajstić information content (AvgIpc) is 3.01. The molecule has 0 spiro atoms. The Bertz CT molecular complexity index is 726. The van der Waals surface area contributed by atoms with Crippen LogP contribution in [-0.2, 0) is 4.74 Å². The van der Waals surface area contributed by atoms with Gasteiger partial charge in [0.1, 0.15) is 6.20 Å². The first-order valence-electron chi connectivity index (χ1n) is 6.76. The predicted octanol–water partition coefficient (Wildman–Crippen LogP) is 1.49. The van der Waals surface area contributed by atoms with Crippen molar-refractivity contribution in [2.75, 3.05) is 31.2 Å². The van der Waals surface area contributed by atoms with E-state index in [0.29, 0.717) is 43.4 Å². The van der Waals surface area contributed by atoms with Crippen molar-refractivity contribution >= 4 is 11.5 Å². The minimum atomic E-state index is -0.433. The minimum absolute atomic E-state index is 0.0359. The number of morpholine rings is 1. The summed E-state index contributed by atoms with van der Waals surface area (Å²) in [6, 6.07) is 8.75. The van der Waals surface area contributed by atoms with E-state index in [4.69, 9.17) is 10.00 Å². The van der Waals surface area contributed by atoms with Gasteiger partial charge in [-0.05, 0) is 24.3 Å². The first-order chi connectivity index (χ1) is 10.7. The van der Waals surface area contributed by atoms with E-state index in [1.807, 2.05) is 11.0 Å². The summed E-state index contributed by atoms with van der Waals surface area (Å²) in [6.07, 6.45) is 1.40. The molecule has 1 aliphatic rings. The Balaban J connectivity index is 1.98. The lowest BCUT2D eigenvalue weighted by Gasteiger charge is -2.25. The van der Waals surface area contributed by atoms with Crippen LogP contribution in [0.4, 0.5) is 11.5 Å². The summed E-state index contributed by atoms with van der Waals surface area (Å²) >= 11 is 0. The van der Waals surface area contributed by atoms with Gasteiger partial charge in [0.05, 0.1) is 35.5 Å². The molecule has 1 aliphatic heterocycles. The SMILES string of the molecule is N#Cc1ccc(-n2cc([N+](=O)[O-])c(N3CCOCC3)n2)cc1. The van der Waals surface area contributed by atoms with Gasteiger partial charge in [-0.3, -0.25) is 10.1 Å². The predicted molar refractivity (Wildman–Crippen MR) is 78.0 cm³/mol. The van der Waals surface area contributed by atoms with Gasteiger partial charge in [0, 0.05) is 13.1 Å². The number of hydrogen-bond acceptors (Lipinski definition) is 6. The number of hydrogen-bond donors (Lipinski definition) is 0. The molecule has 1 saturated heterocycles. The summed E-state index contributed by atoms with van der Waals surface area (Å²) in [5.41, 5.74) is 1.16. The van der Waals surface area contributed by atoms with E-state index >= 15 is 0 Å². The number of benzene rings is 1. The molecule has 0 unspecified atom stereocenters. The molecule has 1 aromatic heterocycles. The zero-order valence-corrected chi connectivity index (χ0v) is 11.7. The Morgan fingerprint density at radius 2 is 1.95 bits per heavy atom. The molecular weight excluding hydrogens is 286 g/mol. The van der Waals surface area contributed by atoms with E-state index in [2.05, 4.69) is 5.10 Å². The van der Waals surface area contributed by atoms with E-state index < -0.39 is 4.92 Å².